The molecule has 3 aromatic heterocycles. The monoisotopic (exact) mass is 456 g/mol. The van der Waals surface area contributed by atoms with Gasteiger partial charge >= 0.3 is 5.69 Å². The van der Waals surface area contributed by atoms with Crippen LogP contribution < -0.4 is 15.3 Å². The molecule has 4 aromatic rings. The summed E-state index contributed by atoms with van der Waals surface area (Å²) >= 11 is 0. The molecule has 1 saturated heterocycles. The minimum atomic E-state index is -3.95. The number of sulfonamides is 1. The van der Waals surface area contributed by atoms with Crippen LogP contribution in [0.3, 0.4) is 0 Å². The van der Waals surface area contributed by atoms with E-state index in [-0.39, 0.29) is 16.3 Å². The lowest BCUT2D eigenvalue weighted by Gasteiger charge is -2.30. The first-order valence-corrected chi connectivity index (χ1v) is 11.9. The van der Waals surface area contributed by atoms with Gasteiger partial charge in [-0.2, -0.15) is 0 Å². The number of aryl methyl sites for hydroxylation is 3. The lowest BCUT2D eigenvalue weighted by Crippen LogP contribution is -2.30. The van der Waals surface area contributed by atoms with Crippen LogP contribution in [0, 0.1) is 6.92 Å². The van der Waals surface area contributed by atoms with Crippen LogP contribution in [0.25, 0.3) is 22.1 Å². The molecule has 0 saturated carbocycles. The quantitative estimate of drug-likeness (QED) is 0.502. The highest BCUT2D eigenvalue weighted by Crippen LogP contribution is 2.34. The van der Waals surface area contributed by atoms with Crippen molar-refractivity contribution in [1.82, 2.24) is 19.3 Å². The number of piperidine rings is 1. The Bertz CT molecular complexity index is 1510. The molecular weight excluding hydrogens is 432 g/mol. The van der Waals surface area contributed by atoms with Gasteiger partial charge in [0.2, 0.25) is 0 Å². The number of imidazole rings is 1. The predicted octanol–water partition coefficient (Wildman–Crippen LogP) is 2.51. The van der Waals surface area contributed by atoms with Crippen LogP contribution in [0.4, 0.5) is 11.4 Å². The molecule has 168 valence electrons. The first-order valence-electron chi connectivity index (χ1n) is 10.5. The lowest BCUT2D eigenvalue weighted by molar-refractivity contribution is 0.442. The van der Waals surface area contributed by atoms with E-state index in [0.717, 1.165) is 43.6 Å². The van der Waals surface area contributed by atoms with Crippen LogP contribution in [-0.2, 0) is 24.1 Å². The highest BCUT2D eigenvalue weighted by atomic mass is 32.2. The SMILES string of the molecule is Cc1noc2ncc(S(=O)(=O)Nc3cc4c(cc3N3CCCCC3)n(C)c(=O)n4C)cc12. The summed E-state index contributed by atoms with van der Waals surface area (Å²) in [6, 6.07) is 5.13. The van der Waals surface area contributed by atoms with E-state index in [4.69, 9.17) is 4.52 Å². The normalized spacial score (nSPS) is 15.0. The first-order chi connectivity index (χ1) is 15.3. The second-order valence-electron chi connectivity index (χ2n) is 8.20. The summed E-state index contributed by atoms with van der Waals surface area (Å²) in [7, 11) is -0.553. The summed E-state index contributed by atoms with van der Waals surface area (Å²) in [5.41, 5.74) is 3.29. The van der Waals surface area contributed by atoms with Gasteiger partial charge in [-0.15, -0.1) is 0 Å². The molecule has 0 bridgehead atoms. The summed E-state index contributed by atoms with van der Waals surface area (Å²) in [6.45, 7) is 3.39. The Morgan fingerprint density at radius 1 is 1.03 bits per heavy atom. The molecule has 0 aliphatic carbocycles. The minimum Gasteiger partial charge on any atom is -0.370 e. The van der Waals surface area contributed by atoms with Gasteiger partial charge in [0, 0.05) is 27.2 Å². The molecule has 0 unspecified atom stereocenters. The Kier molecular flexibility index (Phi) is 4.73. The number of aromatic nitrogens is 4. The van der Waals surface area contributed by atoms with E-state index in [1.165, 1.54) is 16.8 Å². The molecule has 10 nitrogen and oxygen atoms in total. The maximum Gasteiger partial charge on any atom is 0.328 e. The highest BCUT2D eigenvalue weighted by molar-refractivity contribution is 7.92. The van der Waals surface area contributed by atoms with Gasteiger partial charge in [0.05, 0.1) is 39.7 Å². The fraction of sp³-hybridized carbons (Fsp3) is 0.381. The largest absolute Gasteiger partial charge is 0.370 e. The van der Waals surface area contributed by atoms with E-state index in [0.29, 0.717) is 22.3 Å². The van der Waals surface area contributed by atoms with Gasteiger partial charge in [-0.1, -0.05) is 5.16 Å². The van der Waals surface area contributed by atoms with E-state index >= 15 is 0 Å². The zero-order valence-corrected chi connectivity index (χ0v) is 18.9. The van der Waals surface area contributed by atoms with E-state index in [1.807, 2.05) is 6.07 Å². The Hall–Kier alpha value is -3.34. The standard InChI is InChI=1S/C21H24N6O4S/c1-13-15-9-14(12-22-20(15)31-23-13)32(29,30)24-16-10-18-19(26(3)21(28)25(18)2)11-17(16)27-7-5-4-6-8-27/h9-12,24H,4-8H2,1-3H3. The van der Waals surface area contributed by atoms with Crippen LogP contribution in [0.2, 0.25) is 0 Å². The van der Waals surface area contributed by atoms with Crippen LogP contribution in [0.5, 0.6) is 0 Å². The molecule has 0 amide bonds. The Morgan fingerprint density at radius 2 is 1.72 bits per heavy atom. The third kappa shape index (κ3) is 3.24. The van der Waals surface area contributed by atoms with Crippen molar-refractivity contribution in [1.29, 1.82) is 0 Å². The van der Waals surface area contributed by atoms with Gasteiger partial charge < -0.3 is 9.42 Å². The average Bonchev–Trinajstić information content (AvgIpc) is 3.26. The van der Waals surface area contributed by atoms with Gasteiger partial charge in [-0.25, -0.2) is 18.2 Å². The highest BCUT2D eigenvalue weighted by Gasteiger charge is 2.23. The number of nitrogens with zero attached hydrogens (tertiary/aromatic N) is 5. The third-order valence-corrected chi connectivity index (χ3v) is 7.46. The topological polar surface area (TPSA) is 115 Å². The Labute approximate surface area is 184 Å². The number of anilines is 2. The van der Waals surface area contributed by atoms with E-state index in [9.17, 15) is 13.2 Å². The molecule has 32 heavy (non-hydrogen) atoms. The molecule has 1 fully saturated rings. The number of benzene rings is 1. The van der Waals surface area contributed by atoms with Crippen molar-refractivity contribution in [2.45, 2.75) is 31.1 Å². The van der Waals surface area contributed by atoms with Crippen LogP contribution in [-0.4, -0.2) is 40.8 Å². The number of hydrogen-bond acceptors (Lipinski definition) is 7. The van der Waals surface area contributed by atoms with Gasteiger partial charge in [0.25, 0.3) is 15.7 Å². The summed E-state index contributed by atoms with van der Waals surface area (Å²) < 4.78 is 37.5. The van der Waals surface area contributed by atoms with Crippen LogP contribution >= 0.6 is 0 Å². The minimum absolute atomic E-state index is 0.0166. The zero-order valence-electron chi connectivity index (χ0n) is 18.1. The molecule has 5 rings (SSSR count). The van der Waals surface area contributed by atoms with Gasteiger partial charge in [-0.3, -0.25) is 13.9 Å². The predicted molar refractivity (Wildman–Crippen MR) is 122 cm³/mol. The molecule has 1 aliphatic heterocycles. The summed E-state index contributed by atoms with van der Waals surface area (Å²) in [4.78, 5) is 18.8. The molecular formula is C21H24N6O4S. The van der Waals surface area contributed by atoms with Crippen molar-refractivity contribution < 1.29 is 12.9 Å². The average molecular weight is 457 g/mol. The first kappa shape index (κ1) is 20.6. The smallest absolute Gasteiger partial charge is 0.328 e. The summed E-state index contributed by atoms with van der Waals surface area (Å²) in [5, 5.41) is 4.38. The second-order valence-corrected chi connectivity index (χ2v) is 9.89. The molecule has 1 aliphatic rings. The van der Waals surface area contributed by atoms with Gasteiger partial charge in [-0.05, 0) is 44.4 Å². The number of rotatable bonds is 4. The van der Waals surface area contributed by atoms with Crippen LogP contribution in [0.1, 0.15) is 25.0 Å². The molecule has 0 radical (unpaired) electrons. The zero-order chi connectivity index (χ0) is 22.6. The number of nitrogens with one attached hydrogen (secondary N) is 1. The van der Waals surface area contributed by atoms with Gasteiger partial charge in [0.1, 0.15) is 4.90 Å². The maximum absolute atomic E-state index is 13.3. The second kappa shape index (κ2) is 7.37. The Morgan fingerprint density at radius 3 is 2.44 bits per heavy atom. The summed E-state index contributed by atoms with van der Waals surface area (Å²) in [5.74, 6) is 0. The van der Waals surface area contributed by atoms with Crippen molar-refractivity contribution >= 4 is 43.5 Å². The van der Waals surface area contributed by atoms with E-state index < -0.39 is 10.0 Å². The van der Waals surface area contributed by atoms with E-state index in [2.05, 4.69) is 19.8 Å². The van der Waals surface area contributed by atoms with Crippen molar-refractivity contribution in [2.24, 2.45) is 14.1 Å². The molecule has 1 N–H and O–H groups in total. The molecule has 1 aromatic carbocycles. The number of fused-ring (bicyclic) bond motifs is 2. The van der Waals surface area contributed by atoms with E-state index in [1.54, 1.807) is 31.7 Å². The third-order valence-electron chi connectivity index (χ3n) is 6.13. The number of pyridine rings is 1. The van der Waals surface area contributed by atoms with Gasteiger partial charge in [0.15, 0.2) is 0 Å². The molecule has 0 spiro atoms. The molecule has 11 heteroatoms. The van der Waals surface area contributed by atoms with Crippen molar-refractivity contribution in [3.05, 3.63) is 40.6 Å². The Balaban J connectivity index is 1.64. The van der Waals surface area contributed by atoms with Crippen molar-refractivity contribution in [3.63, 3.8) is 0 Å². The summed E-state index contributed by atoms with van der Waals surface area (Å²) in [6.07, 6.45) is 4.47. The number of hydrogen-bond donors (Lipinski definition) is 1. The molecule has 4 heterocycles. The van der Waals surface area contributed by atoms with Crippen molar-refractivity contribution in [2.75, 3.05) is 22.7 Å². The molecule has 0 atom stereocenters. The fourth-order valence-corrected chi connectivity index (χ4v) is 5.32. The van der Waals surface area contributed by atoms with Crippen molar-refractivity contribution in [3.8, 4) is 0 Å². The van der Waals surface area contributed by atoms with Crippen LogP contribution in [0.15, 0.2) is 38.6 Å². The lowest BCUT2D eigenvalue weighted by atomic mass is 10.1. The fourth-order valence-electron chi connectivity index (χ4n) is 4.29. The maximum atomic E-state index is 13.3.